The van der Waals surface area contributed by atoms with Crippen LogP contribution in [0.2, 0.25) is 0 Å². The summed E-state index contributed by atoms with van der Waals surface area (Å²) in [5.74, 6) is 1.67. The van der Waals surface area contributed by atoms with E-state index in [9.17, 15) is 4.79 Å². The average Bonchev–Trinajstić information content (AvgIpc) is 2.99. The van der Waals surface area contributed by atoms with Crippen molar-refractivity contribution in [1.29, 1.82) is 0 Å². The fourth-order valence-electron chi connectivity index (χ4n) is 2.91. The molecule has 1 heterocycles. The van der Waals surface area contributed by atoms with Crippen molar-refractivity contribution in [3.8, 4) is 0 Å². The van der Waals surface area contributed by atoms with Gasteiger partial charge in [0, 0.05) is 25.4 Å². The molecule has 0 spiro atoms. The number of H-pyrrole nitrogens is 1. The highest BCUT2D eigenvalue weighted by Crippen LogP contribution is 2.27. The monoisotopic (exact) mass is 296 g/mol. The Hall–Kier alpha value is -1.17. The normalized spacial score (nSPS) is 15.9. The largest absolute Gasteiger partial charge is 0.356 e. The summed E-state index contributed by atoms with van der Waals surface area (Å²) in [4.78, 5) is 11.8. The molecule has 112 valence electrons. The fourth-order valence-corrected chi connectivity index (χ4v) is 3.27. The first kappa shape index (κ1) is 15.2. The van der Waals surface area contributed by atoms with E-state index < -0.39 is 0 Å². The van der Waals surface area contributed by atoms with Gasteiger partial charge in [0.05, 0.1) is 0 Å². The van der Waals surface area contributed by atoms with Crippen molar-refractivity contribution >= 4 is 18.1 Å². The molecule has 1 aliphatic rings. The molecule has 1 fully saturated rings. The van der Waals surface area contributed by atoms with Crippen molar-refractivity contribution < 1.29 is 4.79 Å². The summed E-state index contributed by atoms with van der Waals surface area (Å²) >= 11 is 5.20. The van der Waals surface area contributed by atoms with Crippen LogP contribution < -0.4 is 5.32 Å². The van der Waals surface area contributed by atoms with E-state index in [4.69, 9.17) is 12.2 Å². The quantitative estimate of drug-likeness (QED) is 0.793. The third-order valence-corrected chi connectivity index (χ3v) is 4.20. The first-order valence-corrected chi connectivity index (χ1v) is 7.91. The smallest absolute Gasteiger partial charge is 0.220 e. The van der Waals surface area contributed by atoms with Crippen LogP contribution >= 0.6 is 12.2 Å². The van der Waals surface area contributed by atoms with E-state index in [-0.39, 0.29) is 11.9 Å². The lowest BCUT2D eigenvalue weighted by atomic mass is 10.0. The summed E-state index contributed by atoms with van der Waals surface area (Å²) in [6, 6.07) is 0.283. The standard InChI is InChI=1S/C14H24N4OS/c1-10(2)18-12(16-17-14(18)20)7-8-15-13(19)9-11-5-3-4-6-11/h10-11H,3-9H2,1-2H3,(H,15,19)(H,17,20). The van der Waals surface area contributed by atoms with Gasteiger partial charge in [-0.15, -0.1) is 0 Å². The molecular weight excluding hydrogens is 272 g/mol. The molecule has 0 bridgehead atoms. The van der Waals surface area contributed by atoms with Gasteiger partial charge in [-0.1, -0.05) is 12.8 Å². The number of rotatable bonds is 6. The molecule has 5 nitrogen and oxygen atoms in total. The number of nitrogens with one attached hydrogen (secondary N) is 2. The molecule has 1 aliphatic carbocycles. The maximum atomic E-state index is 11.8. The maximum absolute atomic E-state index is 11.8. The molecule has 1 saturated carbocycles. The molecule has 1 amide bonds. The summed E-state index contributed by atoms with van der Waals surface area (Å²) in [6.45, 7) is 4.78. The highest BCUT2D eigenvalue weighted by atomic mass is 32.1. The summed E-state index contributed by atoms with van der Waals surface area (Å²) in [5.41, 5.74) is 0. The highest BCUT2D eigenvalue weighted by molar-refractivity contribution is 7.71. The summed E-state index contributed by atoms with van der Waals surface area (Å²) in [7, 11) is 0. The Balaban J connectivity index is 1.78. The van der Waals surface area contributed by atoms with Gasteiger partial charge in [0.25, 0.3) is 0 Å². The van der Waals surface area contributed by atoms with E-state index in [1.54, 1.807) is 0 Å². The Morgan fingerprint density at radius 1 is 1.50 bits per heavy atom. The van der Waals surface area contributed by atoms with E-state index in [2.05, 4.69) is 29.4 Å². The number of carbonyl (C=O) groups excluding carboxylic acids is 1. The van der Waals surface area contributed by atoms with Crippen molar-refractivity contribution in [2.45, 2.75) is 58.4 Å². The number of aromatic nitrogens is 3. The van der Waals surface area contributed by atoms with Gasteiger partial charge in [-0.3, -0.25) is 9.89 Å². The Morgan fingerprint density at radius 2 is 2.20 bits per heavy atom. The van der Waals surface area contributed by atoms with Crippen LogP contribution in [0.3, 0.4) is 0 Å². The van der Waals surface area contributed by atoms with Gasteiger partial charge in [0.2, 0.25) is 5.91 Å². The lowest BCUT2D eigenvalue weighted by Gasteiger charge is -2.11. The van der Waals surface area contributed by atoms with Crippen LogP contribution in [0.25, 0.3) is 0 Å². The van der Waals surface area contributed by atoms with Crippen LogP contribution in [-0.4, -0.2) is 27.2 Å². The molecule has 1 aromatic rings. The Bertz CT molecular complexity index is 500. The molecule has 0 aromatic carbocycles. The Labute approximate surface area is 125 Å². The van der Waals surface area contributed by atoms with Crippen molar-refractivity contribution in [1.82, 2.24) is 20.1 Å². The van der Waals surface area contributed by atoms with Crippen LogP contribution in [0.4, 0.5) is 0 Å². The summed E-state index contributed by atoms with van der Waals surface area (Å²) in [5, 5.41) is 10.0. The number of aromatic amines is 1. The van der Waals surface area contributed by atoms with E-state index in [1.165, 1.54) is 25.7 Å². The first-order chi connectivity index (χ1) is 9.58. The zero-order valence-electron chi connectivity index (χ0n) is 12.3. The minimum atomic E-state index is 0.169. The number of carbonyl (C=O) groups is 1. The third kappa shape index (κ3) is 3.91. The molecule has 2 rings (SSSR count). The highest BCUT2D eigenvalue weighted by Gasteiger charge is 2.18. The Morgan fingerprint density at radius 3 is 2.85 bits per heavy atom. The topological polar surface area (TPSA) is 62.7 Å². The molecule has 0 atom stereocenters. The van der Waals surface area contributed by atoms with E-state index in [0.717, 1.165) is 5.82 Å². The molecule has 20 heavy (non-hydrogen) atoms. The average molecular weight is 296 g/mol. The predicted octanol–water partition coefficient (Wildman–Crippen LogP) is 2.76. The first-order valence-electron chi connectivity index (χ1n) is 7.50. The van der Waals surface area contributed by atoms with Gasteiger partial charge in [0.1, 0.15) is 5.82 Å². The number of hydrogen-bond acceptors (Lipinski definition) is 3. The lowest BCUT2D eigenvalue weighted by Crippen LogP contribution is -2.28. The zero-order chi connectivity index (χ0) is 14.5. The van der Waals surface area contributed by atoms with Crippen molar-refractivity contribution in [3.63, 3.8) is 0 Å². The lowest BCUT2D eigenvalue weighted by molar-refractivity contribution is -0.121. The second-order valence-corrected chi connectivity index (χ2v) is 6.25. The minimum Gasteiger partial charge on any atom is -0.356 e. The SMILES string of the molecule is CC(C)n1c(CCNC(=O)CC2CCCC2)n[nH]c1=S. The molecular formula is C14H24N4OS. The van der Waals surface area contributed by atoms with Gasteiger partial charge in [-0.2, -0.15) is 5.10 Å². The summed E-state index contributed by atoms with van der Waals surface area (Å²) < 4.78 is 2.64. The fraction of sp³-hybridized carbons (Fsp3) is 0.786. The third-order valence-electron chi connectivity index (χ3n) is 3.91. The van der Waals surface area contributed by atoms with E-state index >= 15 is 0 Å². The number of hydrogen-bond donors (Lipinski definition) is 2. The van der Waals surface area contributed by atoms with Crippen molar-refractivity contribution in [3.05, 3.63) is 10.6 Å². The van der Waals surface area contributed by atoms with Gasteiger partial charge >= 0.3 is 0 Å². The van der Waals surface area contributed by atoms with Crippen LogP contribution in [0, 0.1) is 10.7 Å². The summed E-state index contributed by atoms with van der Waals surface area (Å²) in [6.07, 6.45) is 6.36. The molecule has 6 heteroatoms. The molecule has 1 aromatic heterocycles. The van der Waals surface area contributed by atoms with Gasteiger partial charge in [-0.25, -0.2) is 0 Å². The Kier molecular flexibility index (Phi) is 5.34. The van der Waals surface area contributed by atoms with Crippen LogP contribution in [0.1, 0.15) is 57.8 Å². The number of nitrogens with zero attached hydrogens (tertiary/aromatic N) is 2. The second-order valence-electron chi connectivity index (χ2n) is 5.86. The minimum absolute atomic E-state index is 0.169. The van der Waals surface area contributed by atoms with E-state index in [0.29, 0.717) is 30.1 Å². The van der Waals surface area contributed by atoms with Crippen LogP contribution in [0.5, 0.6) is 0 Å². The maximum Gasteiger partial charge on any atom is 0.220 e. The molecule has 0 saturated heterocycles. The predicted molar refractivity (Wildman–Crippen MR) is 81.1 cm³/mol. The van der Waals surface area contributed by atoms with E-state index in [1.807, 2.05) is 4.57 Å². The van der Waals surface area contributed by atoms with Crippen molar-refractivity contribution in [2.75, 3.05) is 6.54 Å². The van der Waals surface area contributed by atoms with Gasteiger partial charge < -0.3 is 9.88 Å². The second kappa shape index (κ2) is 7.02. The molecule has 0 radical (unpaired) electrons. The number of amides is 1. The molecule has 0 unspecified atom stereocenters. The molecule has 2 N–H and O–H groups in total. The van der Waals surface area contributed by atoms with Gasteiger partial charge in [0.15, 0.2) is 4.77 Å². The van der Waals surface area contributed by atoms with Gasteiger partial charge in [-0.05, 0) is 44.8 Å². The van der Waals surface area contributed by atoms with Crippen LogP contribution in [-0.2, 0) is 11.2 Å². The van der Waals surface area contributed by atoms with Crippen LogP contribution in [0.15, 0.2) is 0 Å². The molecule has 0 aliphatic heterocycles. The zero-order valence-corrected chi connectivity index (χ0v) is 13.1. The van der Waals surface area contributed by atoms with Crippen molar-refractivity contribution in [2.24, 2.45) is 5.92 Å².